The van der Waals surface area contributed by atoms with Crippen LogP contribution in [0, 0.1) is 0 Å². The molecule has 0 radical (unpaired) electrons. The largest absolute Gasteiger partial charge is 0.500 e. The number of allylic oxidation sites excluding steroid dienone is 1. The average molecular weight is 200 g/mol. The molecule has 1 heterocycles. The van der Waals surface area contributed by atoms with Crippen LogP contribution in [0.1, 0.15) is 40.0 Å². The van der Waals surface area contributed by atoms with Crippen molar-refractivity contribution in [3.8, 4) is 0 Å². The zero-order valence-electron chi connectivity index (χ0n) is 8.93. The highest BCUT2D eigenvalue weighted by Crippen LogP contribution is 2.36. The van der Waals surface area contributed by atoms with Gasteiger partial charge < -0.3 is 4.74 Å². The van der Waals surface area contributed by atoms with Gasteiger partial charge in [0.2, 0.25) is 0 Å². The van der Waals surface area contributed by atoms with Crippen LogP contribution >= 0.6 is 11.8 Å². The third kappa shape index (κ3) is 4.08. The van der Waals surface area contributed by atoms with Crippen LogP contribution in [-0.2, 0) is 4.74 Å². The van der Waals surface area contributed by atoms with Crippen LogP contribution in [0.5, 0.6) is 0 Å². The van der Waals surface area contributed by atoms with Gasteiger partial charge in [0.15, 0.2) is 0 Å². The maximum absolute atomic E-state index is 5.55. The molecule has 0 amide bonds. The topological polar surface area (TPSA) is 9.23 Å². The number of rotatable bonds is 3. The van der Waals surface area contributed by atoms with Crippen molar-refractivity contribution in [3.63, 3.8) is 0 Å². The van der Waals surface area contributed by atoms with Crippen molar-refractivity contribution >= 4 is 11.8 Å². The van der Waals surface area contributed by atoms with Crippen LogP contribution < -0.4 is 0 Å². The fourth-order valence-corrected chi connectivity index (χ4v) is 2.77. The first-order valence-electron chi connectivity index (χ1n) is 5.01. The monoisotopic (exact) mass is 200 g/mol. The summed E-state index contributed by atoms with van der Waals surface area (Å²) in [4.78, 5) is 0. The Morgan fingerprint density at radius 1 is 1.46 bits per heavy atom. The third-order valence-electron chi connectivity index (χ3n) is 2.26. The van der Waals surface area contributed by atoms with Gasteiger partial charge in [0, 0.05) is 4.75 Å². The summed E-state index contributed by atoms with van der Waals surface area (Å²) in [6.07, 6.45) is 5.92. The Hall–Kier alpha value is -0.110. The number of hydrogen-bond acceptors (Lipinski definition) is 2. The molecule has 2 heteroatoms. The van der Waals surface area contributed by atoms with Crippen molar-refractivity contribution in [2.24, 2.45) is 0 Å². The van der Waals surface area contributed by atoms with E-state index in [1.165, 1.54) is 30.6 Å². The Kier molecular flexibility index (Phi) is 4.17. The van der Waals surface area contributed by atoms with E-state index in [1.807, 2.05) is 6.26 Å². The predicted octanol–water partition coefficient (Wildman–Crippen LogP) is 3.60. The van der Waals surface area contributed by atoms with Gasteiger partial charge in [0.05, 0.1) is 6.26 Å². The zero-order chi connectivity index (χ0) is 9.73. The number of hydrogen-bond donors (Lipinski definition) is 0. The van der Waals surface area contributed by atoms with Crippen LogP contribution in [0.15, 0.2) is 11.8 Å². The van der Waals surface area contributed by atoms with Gasteiger partial charge in [0.25, 0.3) is 0 Å². The minimum absolute atomic E-state index is 0.365. The smallest absolute Gasteiger partial charge is 0.102 e. The Morgan fingerprint density at radius 2 is 2.23 bits per heavy atom. The summed E-state index contributed by atoms with van der Waals surface area (Å²) < 4.78 is 5.92. The molecule has 1 aliphatic heterocycles. The van der Waals surface area contributed by atoms with Gasteiger partial charge in [-0.05, 0) is 44.9 Å². The summed E-state index contributed by atoms with van der Waals surface area (Å²) in [5.74, 6) is 1.30. The Labute approximate surface area is 85.9 Å². The van der Waals surface area contributed by atoms with E-state index < -0.39 is 0 Å². The molecule has 1 rings (SSSR count). The van der Waals surface area contributed by atoms with Crippen LogP contribution in [0.2, 0.25) is 0 Å². The summed E-state index contributed by atoms with van der Waals surface area (Å²) in [5.41, 5.74) is 1.24. The molecule has 1 unspecified atom stereocenters. The normalized spacial score (nSPS) is 28.2. The van der Waals surface area contributed by atoms with Crippen LogP contribution in [0.25, 0.3) is 0 Å². The SMILES string of the molecule is CC(C)=COCC1(C)CCCCS1. The van der Waals surface area contributed by atoms with E-state index in [-0.39, 0.29) is 0 Å². The molecule has 1 fully saturated rings. The molecule has 76 valence electrons. The summed E-state index contributed by atoms with van der Waals surface area (Å²) in [5, 5.41) is 0. The molecule has 0 aromatic heterocycles. The zero-order valence-corrected chi connectivity index (χ0v) is 9.75. The second-order valence-corrected chi connectivity index (χ2v) is 5.94. The highest BCUT2D eigenvalue weighted by molar-refractivity contribution is 8.00. The maximum atomic E-state index is 5.55. The van der Waals surface area contributed by atoms with E-state index in [0.717, 1.165) is 6.61 Å². The molecule has 0 saturated carbocycles. The Morgan fingerprint density at radius 3 is 2.77 bits per heavy atom. The van der Waals surface area contributed by atoms with Crippen LogP contribution in [-0.4, -0.2) is 17.1 Å². The summed E-state index contributed by atoms with van der Waals surface area (Å²) >= 11 is 2.06. The van der Waals surface area contributed by atoms with Crippen LogP contribution in [0.4, 0.5) is 0 Å². The molecule has 0 bridgehead atoms. The lowest BCUT2D eigenvalue weighted by atomic mass is 10.0. The lowest BCUT2D eigenvalue weighted by molar-refractivity contribution is 0.208. The van der Waals surface area contributed by atoms with Crippen molar-refractivity contribution in [1.29, 1.82) is 0 Å². The molecular weight excluding hydrogens is 180 g/mol. The first-order chi connectivity index (χ1) is 6.12. The number of ether oxygens (including phenoxy) is 1. The fourth-order valence-electron chi connectivity index (χ4n) is 1.49. The van der Waals surface area contributed by atoms with Gasteiger partial charge in [0.1, 0.15) is 6.61 Å². The molecule has 0 N–H and O–H groups in total. The molecule has 1 saturated heterocycles. The summed E-state index contributed by atoms with van der Waals surface area (Å²) in [6.45, 7) is 7.31. The van der Waals surface area contributed by atoms with Crippen molar-refractivity contribution in [1.82, 2.24) is 0 Å². The van der Waals surface area contributed by atoms with Crippen molar-refractivity contribution < 1.29 is 4.74 Å². The van der Waals surface area contributed by atoms with E-state index in [9.17, 15) is 0 Å². The average Bonchev–Trinajstić information content (AvgIpc) is 2.04. The van der Waals surface area contributed by atoms with E-state index in [2.05, 4.69) is 32.5 Å². The first-order valence-corrected chi connectivity index (χ1v) is 6.00. The Bertz CT molecular complexity index is 177. The molecule has 0 aliphatic carbocycles. The lowest BCUT2D eigenvalue weighted by Gasteiger charge is -2.32. The molecular formula is C11H20OS. The van der Waals surface area contributed by atoms with Crippen molar-refractivity contribution in [2.45, 2.75) is 44.8 Å². The summed E-state index contributed by atoms with van der Waals surface area (Å²) in [6, 6.07) is 0. The van der Waals surface area contributed by atoms with Gasteiger partial charge in [-0.15, -0.1) is 0 Å². The second kappa shape index (κ2) is 4.94. The first kappa shape index (κ1) is 11.0. The minimum atomic E-state index is 0.365. The molecule has 1 nitrogen and oxygen atoms in total. The lowest BCUT2D eigenvalue weighted by Crippen LogP contribution is -2.29. The minimum Gasteiger partial charge on any atom is -0.500 e. The van der Waals surface area contributed by atoms with Crippen LogP contribution in [0.3, 0.4) is 0 Å². The van der Waals surface area contributed by atoms with Gasteiger partial charge in [-0.1, -0.05) is 6.42 Å². The molecule has 0 aromatic carbocycles. The Balaban J connectivity index is 2.29. The maximum Gasteiger partial charge on any atom is 0.102 e. The summed E-state index contributed by atoms with van der Waals surface area (Å²) in [7, 11) is 0. The molecule has 13 heavy (non-hydrogen) atoms. The predicted molar refractivity (Wildman–Crippen MR) is 60.1 cm³/mol. The molecule has 1 atom stereocenters. The van der Waals surface area contributed by atoms with Crippen molar-refractivity contribution in [2.75, 3.05) is 12.4 Å². The quantitative estimate of drug-likeness (QED) is 0.644. The molecule has 1 aliphatic rings. The van der Waals surface area contributed by atoms with Gasteiger partial charge in [-0.3, -0.25) is 0 Å². The van der Waals surface area contributed by atoms with Gasteiger partial charge in [-0.25, -0.2) is 0 Å². The molecule has 0 aromatic rings. The van der Waals surface area contributed by atoms with E-state index >= 15 is 0 Å². The number of thioether (sulfide) groups is 1. The van der Waals surface area contributed by atoms with Gasteiger partial charge >= 0.3 is 0 Å². The standard InChI is InChI=1S/C11H20OS/c1-10(2)8-12-9-11(3)6-4-5-7-13-11/h8H,4-7,9H2,1-3H3. The second-order valence-electron chi connectivity index (χ2n) is 4.26. The van der Waals surface area contributed by atoms with E-state index in [4.69, 9.17) is 4.74 Å². The fraction of sp³-hybridized carbons (Fsp3) is 0.818. The molecule has 0 spiro atoms. The third-order valence-corrected chi connectivity index (χ3v) is 3.77. The highest BCUT2D eigenvalue weighted by atomic mass is 32.2. The van der Waals surface area contributed by atoms with Gasteiger partial charge in [-0.2, -0.15) is 11.8 Å². The van der Waals surface area contributed by atoms with E-state index in [1.54, 1.807) is 0 Å². The highest BCUT2D eigenvalue weighted by Gasteiger charge is 2.27. The van der Waals surface area contributed by atoms with Crippen molar-refractivity contribution in [3.05, 3.63) is 11.8 Å². The van der Waals surface area contributed by atoms with E-state index in [0.29, 0.717) is 4.75 Å².